The third kappa shape index (κ3) is 3.96. The molecule has 0 radical (unpaired) electrons. The molecule has 0 unspecified atom stereocenters. The molecule has 2 heterocycles. The molecule has 3 aromatic carbocycles. The Bertz CT molecular complexity index is 1180. The van der Waals surface area contributed by atoms with Crippen molar-refractivity contribution >= 4 is 11.0 Å². The standard InChI is InChI=1S/C27H26FNO2/c1-30-25-12-11-21(18-29-15-13-20(14-16-29)19-7-3-2-4-8-19)23-17-26(31-27(23)25)22-9-5-6-10-24(22)28/h2-12,17,20H,13-16,18H2,1H3. The summed E-state index contributed by atoms with van der Waals surface area (Å²) in [5, 5.41) is 0.989. The second kappa shape index (κ2) is 8.56. The molecule has 1 aliphatic heterocycles. The first-order chi connectivity index (χ1) is 15.2. The number of likely N-dealkylation sites (tertiary alicyclic amines) is 1. The Morgan fingerprint density at radius 2 is 1.71 bits per heavy atom. The second-order valence-corrected chi connectivity index (χ2v) is 8.22. The Hall–Kier alpha value is -3.11. The molecule has 0 bridgehead atoms. The minimum atomic E-state index is -0.287. The van der Waals surface area contributed by atoms with Gasteiger partial charge in [0.2, 0.25) is 0 Å². The number of ether oxygens (including phenoxy) is 1. The molecule has 1 aliphatic rings. The zero-order valence-electron chi connectivity index (χ0n) is 17.7. The maximum atomic E-state index is 14.3. The fourth-order valence-electron chi connectivity index (χ4n) is 4.64. The number of furan rings is 1. The molecular weight excluding hydrogens is 389 g/mol. The van der Waals surface area contributed by atoms with E-state index in [2.05, 4.69) is 41.3 Å². The lowest BCUT2D eigenvalue weighted by Crippen LogP contribution is -2.32. The Morgan fingerprint density at radius 1 is 0.968 bits per heavy atom. The van der Waals surface area contributed by atoms with Gasteiger partial charge in [-0.1, -0.05) is 48.5 Å². The molecule has 1 aromatic heterocycles. The van der Waals surface area contributed by atoms with E-state index < -0.39 is 0 Å². The van der Waals surface area contributed by atoms with Crippen LogP contribution in [0.25, 0.3) is 22.3 Å². The van der Waals surface area contributed by atoms with E-state index in [-0.39, 0.29) is 5.82 Å². The van der Waals surface area contributed by atoms with Crippen LogP contribution in [0.4, 0.5) is 4.39 Å². The molecule has 1 saturated heterocycles. The SMILES string of the molecule is COc1ccc(CN2CCC(c3ccccc3)CC2)c2cc(-c3ccccc3F)oc12. The van der Waals surface area contributed by atoms with Crippen molar-refractivity contribution in [2.75, 3.05) is 20.2 Å². The number of nitrogens with zero attached hydrogens (tertiary/aromatic N) is 1. The van der Waals surface area contributed by atoms with Crippen molar-refractivity contribution in [3.05, 3.63) is 89.7 Å². The van der Waals surface area contributed by atoms with Crippen LogP contribution >= 0.6 is 0 Å². The maximum absolute atomic E-state index is 14.3. The van der Waals surface area contributed by atoms with Crippen LogP contribution < -0.4 is 4.74 Å². The Kier molecular flexibility index (Phi) is 5.47. The Morgan fingerprint density at radius 3 is 2.45 bits per heavy atom. The monoisotopic (exact) mass is 415 g/mol. The fourth-order valence-corrected chi connectivity index (χ4v) is 4.64. The predicted octanol–water partition coefficient (Wildman–Crippen LogP) is 6.63. The van der Waals surface area contributed by atoms with Gasteiger partial charge in [-0.25, -0.2) is 4.39 Å². The average molecular weight is 416 g/mol. The molecule has 1 fully saturated rings. The predicted molar refractivity (Wildman–Crippen MR) is 122 cm³/mol. The first-order valence-corrected chi connectivity index (χ1v) is 10.8. The molecule has 4 aromatic rings. The second-order valence-electron chi connectivity index (χ2n) is 8.22. The fraction of sp³-hybridized carbons (Fsp3) is 0.259. The summed E-state index contributed by atoms with van der Waals surface area (Å²) in [7, 11) is 1.63. The van der Waals surface area contributed by atoms with Gasteiger partial charge in [-0.15, -0.1) is 0 Å². The van der Waals surface area contributed by atoms with Gasteiger partial charge in [-0.2, -0.15) is 0 Å². The van der Waals surface area contributed by atoms with Crippen molar-refractivity contribution < 1.29 is 13.5 Å². The lowest BCUT2D eigenvalue weighted by atomic mass is 9.89. The number of benzene rings is 3. The maximum Gasteiger partial charge on any atom is 0.176 e. The first kappa shape index (κ1) is 19.8. The number of piperidine rings is 1. The van der Waals surface area contributed by atoms with Gasteiger partial charge in [0.15, 0.2) is 11.3 Å². The van der Waals surface area contributed by atoms with Crippen LogP contribution in [0, 0.1) is 5.82 Å². The van der Waals surface area contributed by atoms with Crippen molar-refractivity contribution in [3.8, 4) is 17.1 Å². The van der Waals surface area contributed by atoms with E-state index >= 15 is 0 Å². The molecule has 0 spiro atoms. The van der Waals surface area contributed by atoms with E-state index in [0.29, 0.717) is 28.6 Å². The zero-order valence-corrected chi connectivity index (χ0v) is 17.7. The lowest BCUT2D eigenvalue weighted by molar-refractivity contribution is 0.205. The summed E-state index contributed by atoms with van der Waals surface area (Å²) in [4.78, 5) is 2.50. The molecule has 0 atom stereocenters. The quantitative estimate of drug-likeness (QED) is 0.366. The number of halogens is 1. The van der Waals surface area contributed by atoms with E-state index in [1.807, 2.05) is 18.2 Å². The minimum Gasteiger partial charge on any atom is -0.493 e. The number of rotatable bonds is 5. The molecule has 0 N–H and O–H groups in total. The van der Waals surface area contributed by atoms with Crippen molar-refractivity contribution in [2.45, 2.75) is 25.3 Å². The van der Waals surface area contributed by atoms with E-state index in [4.69, 9.17) is 9.15 Å². The summed E-state index contributed by atoms with van der Waals surface area (Å²) in [6, 6.07) is 23.5. The van der Waals surface area contributed by atoms with Crippen LogP contribution in [0.1, 0.15) is 29.9 Å². The molecule has 158 valence electrons. The molecule has 0 amide bonds. The highest BCUT2D eigenvalue weighted by molar-refractivity contribution is 5.90. The van der Waals surface area contributed by atoms with Gasteiger partial charge < -0.3 is 9.15 Å². The Balaban J connectivity index is 1.40. The summed E-state index contributed by atoms with van der Waals surface area (Å²) >= 11 is 0. The smallest absolute Gasteiger partial charge is 0.176 e. The highest BCUT2D eigenvalue weighted by Gasteiger charge is 2.22. The summed E-state index contributed by atoms with van der Waals surface area (Å²) in [6.07, 6.45) is 2.32. The number of fused-ring (bicyclic) bond motifs is 1. The van der Waals surface area contributed by atoms with Gasteiger partial charge in [-0.3, -0.25) is 4.90 Å². The van der Waals surface area contributed by atoms with Gasteiger partial charge in [0.1, 0.15) is 11.6 Å². The number of hydrogen-bond donors (Lipinski definition) is 0. The summed E-state index contributed by atoms with van der Waals surface area (Å²) in [5.41, 5.74) is 3.77. The molecule has 0 saturated carbocycles. The van der Waals surface area contributed by atoms with E-state index in [9.17, 15) is 4.39 Å². The third-order valence-electron chi connectivity index (χ3n) is 6.35. The van der Waals surface area contributed by atoms with Crippen LogP contribution in [0.2, 0.25) is 0 Å². The van der Waals surface area contributed by atoms with Crippen molar-refractivity contribution in [3.63, 3.8) is 0 Å². The van der Waals surface area contributed by atoms with Crippen LogP contribution in [0.5, 0.6) is 5.75 Å². The van der Waals surface area contributed by atoms with Crippen LogP contribution in [0.3, 0.4) is 0 Å². The minimum absolute atomic E-state index is 0.287. The summed E-state index contributed by atoms with van der Waals surface area (Å²) in [6.45, 7) is 2.97. The normalized spacial score (nSPS) is 15.4. The summed E-state index contributed by atoms with van der Waals surface area (Å²) in [5.74, 6) is 1.55. The molecule has 4 heteroatoms. The molecule has 0 aliphatic carbocycles. The summed E-state index contributed by atoms with van der Waals surface area (Å²) < 4.78 is 25.9. The van der Waals surface area contributed by atoms with Crippen molar-refractivity contribution in [1.82, 2.24) is 4.90 Å². The third-order valence-corrected chi connectivity index (χ3v) is 6.35. The van der Waals surface area contributed by atoms with Gasteiger partial charge in [0.25, 0.3) is 0 Å². The number of hydrogen-bond acceptors (Lipinski definition) is 3. The van der Waals surface area contributed by atoms with E-state index in [1.165, 1.54) is 17.2 Å². The van der Waals surface area contributed by atoms with E-state index in [0.717, 1.165) is 37.9 Å². The lowest BCUT2D eigenvalue weighted by Gasteiger charge is -2.32. The topological polar surface area (TPSA) is 25.6 Å². The largest absolute Gasteiger partial charge is 0.493 e. The first-order valence-electron chi connectivity index (χ1n) is 10.8. The van der Waals surface area contributed by atoms with Crippen LogP contribution in [-0.4, -0.2) is 25.1 Å². The van der Waals surface area contributed by atoms with E-state index in [1.54, 1.807) is 19.2 Å². The van der Waals surface area contributed by atoms with Gasteiger partial charge in [0.05, 0.1) is 12.7 Å². The van der Waals surface area contributed by atoms with Gasteiger partial charge in [0, 0.05) is 11.9 Å². The van der Waals surface area contributed by atoms with Gasteiger partial charge in [-0.05, 0) is 67.2 Å². The molecule has 5 rings (SSSR count). The average Bonchev–Trinajstić information content (AvgIpc) is 3.26. The number of methoxy groups -OCH3 is 1. The highest BCUT2D eigenvalue weighted by Crippen LogP contribution is 2.37. The van der Waals surface area contributed by atoms with Crippen molar-refractivity contribution in [2.24, 2.45) is 0 Å². The molecular formula is C27H26FNO2. The molecule has 3 nitrogen and oxygen atoms in total. The zero-order chi connectivity index (χ0) is 21.2. The van der Waals surface area contributed by atoms with Gasteiger partial charge >= 0.3 is 0 Å². The van der Waals surface area contributed by atoms with Crippen LogP contribution in [-0.2, 0) is 6.54 Å². The van der Waals surface area contributed by atoms with Crippen molar-refractivity contribution in [1.29, 1.82) is 0 Å². The van der Waals surface area contributed by atoms with Crippen LogP contribution in [0.15, 0.2) is 77.2 Å². The Labute approximate surface area is 182 Å². The molecule has 31 heavy (non-hydrogen) atoms. The highest BCUT2D eigenvalue weighted by atomic mass is 19.1.